The van der Waals surface area contributed by atoms with Crippen LogP contribution in [0.25, 0.3) is 0 Å². The number of ether oxygens (including phenoxy) is 1. The highest BCUT2D eigenvalue weighted by Gasteiger charge is 2.08. The highest BCUT2D eigenvalue weighted by molar-refractivity contribution is 5.86. The summed E-state index contributed by atoms with van der Waals surface area (Å²) in [6, 6.07) is 1.65. The van der Waals surface area contributed by atoms with Gasteiger partial charge in [-0.15, -0.1) is 0 Å². The molecule has 0 saturated carbocycles. The first-order valence-electron chi connectivity index (χ1n) is 3.66. The molecule has 0 amide bonds. The second-order valence-corrected chi connectivity index (χ2v) is 2.37. The molecule has 2 heterocycles. The van der Waals surface area contributed by atoms with E-state index in [1.54, 1.807) is 6.07 Å². The zero-order chi connectivity index (χ0) is 8.23. The molecule has 0 unspecified atom stereocenters. The minimum atomic E-state index is 0.423. The van der Waals surface area contributed by atoms with Crippen molar-refractivity contribution in [3.63, 3.8) is 0 Å². The van der Waals surface area contributed by atoms with Crippen molar-refractivity contribution >= 4 is 5.71 Å². The summed E-state index contributed by atoms with van der Waals surface area (Å²) >= 11 is 0. The van der Waals surface area contributed by atoms with Crippen LogP contribution < -0.4 is 4.74 Å². The van der Waals surface area contributed by atoms with Gasteiger partial charge in [-0.25, -0.2) is 0 Å². The smallest absolute Gasteiger partial charge is 0.254 e. The van der Waals surface area contributed by atoms with Crippen molar-refractivity contribution in [3.8, 4) is 5.88 Å². The Hall–Kier alpha value is -1.52. The van der Waals surface area contributed by atoms with E-state index in [-0.39, 0.29) is 0 Å². The van der Waals surface area contributed by atoms with Crippen LogP contribution in [0.2, 0.25) is 0 Å². The van der Waals surface area contributed by atoms with Crippen LogP contribution in [0.4, 0.5) is 0 Å². The number of hydrogen-bond donors (Lipinski definition) is 0. The molecule has 1 aliphatic rings. The van der Waals surface area contributed by atoms with Crippen molar-refractivity contribution in [1.82, 2.24) is 5.16 Å². The normalized spacial score (nSPS) is 15.5. The Morgan fingerprint density at radius 3 is 3.25 bits per heavy atom. The molecule has 2 rings (SSSR count). The van der Waals surface area contributed by atoms with Crippen LogP contribution in [-0.2, 0) is 4.84 Å². The maximum absolute atomic E-state index is 5.21. The molecule has 5 nitrogen and oxygen atoms in total. The Labute approximate surface area is 68.9 Å². The van der Waals surface area contributed by atoms with E-state index in [2.05, 4.69) is 14.8 Å². The van der Waals surface area contributed by atoms with Crippen molar-refractivity contribution in [3.05, 3.63) is 12.3 Å². The summed E-state index contributed by atoms with van der Waals surface area (Å²) < 4.78 is 9.80. The highest BCUT2D eigenvalue weighted by Crippen LogP contribution is 2.06. The predicted octanol–water partition coefficient (Wildman–Crippen LogP) is 0.830. The van der Waals surface area contributed by atoms with Gasteiger partial charge in [0.2, 0.25) is 0 Å². The van der Waals surface area contributed by atoms with E-state index in [1.807, 2.05) is 0 Å². The van der Waals surface area contributed by atoms with Gasteiger partial charge in [0.25, 0.3) is 5.88 Å². The molecule has 0 bridgehead atoms. The van der Waals surface area contributed by atoms with Crippen molar-refractivity contribution in [2.24, 2.45) is 5.16 Å². The van der Waals surface area contributed by atoms with Crippen molar-refractivity contribution < 1.29 is 14.1 Å². The summed E-state index contributed by atoms with van der Waals surface area (Å²) in [5, 5.41) is 7.35. The van der Waals surface area contributed by atoms with E-state index < -0.39 is 0 Å². The lowest BCUT2D eigenvalue weighted by Crippen LogP contribution is -2.09. The first kappa shape index (κ1) is 7.15. The van der Waals surface area contributed by atoms with Crippen LogP contribution in [0.1, 0.15) is 6.42 Å². The van der Waals surface area contributed by atoms with Gasteiger partial charge in [-0.1, -0.05) is 5.16 Å². The molecule has 0 saturated heterocycles. The fourth-order valence-electron chi connectivity index (χ4n) is 0.878. The lowest BCUT2D eigenvalue weighted by molar-refractivity contribution is 0.173. The summed E-state index contributed by atoms with van der Waals surface area (Å²) in [4.78, 5) is 4.79. The lowest BCUT2D eigenvalue weighted by atomic mass is 10.3. The van der Waals surface area contributed by atoms with E-state index in [0.29, 0.717) is 19.1 Å². The van der Waals surface area contributed by atoms with Gasteiger partial charge in [-0.3, -0.25) is 0 Å². The third kappa shape index (κ3) is 1.55. The average Bonchev–Trinajstić information content (AvgIpc) is 2.74. The largest absolute Gasteiger partial charge is 0.469 e. The zero-order valence-corrected chi connectivity index (χ0v) is 6.40. The van der Waals surface area contributed by atoms with E-state index in [1.165, 1.54) is 6.26 Å². The number of oxime groups is 1. The molecule has 1 aliphatic heterocycles. The molecule has 12 heavy (non-hydrogen) atoms. The van der Waals surface area contributed by atoms with E-state index in [9.17, 15) is 0 Å². The third-order valence-electron chi connectivity index (χ3n) is 1.48. The molecule has 1 aromatic heterocycles. The molecule has 0 fully saturated rings. The minimum Gasteiger partial charge on any atom is -0.469 e. The van der Waals surface area contributed by atoms with Crippen molar-refractivity contribution in [2.75, 3.05) is 13.2 Å². The SMILES string of the molecule is c1cc(OCC2=NOCC2)no1. The van der Waals surface area contributed by atoms with Gasteiger partial charge < -0.3 is 14.1 Å². The fraction of sp³-hybridized carbons (Fsp3) is 0.429. The highest BCUT2D eigenvalue weighted by atomic mass is 16.6. The first-order valence-corrected chi connectivity index (χ1v) is 3.66. The van der Waals surface area contributed by atoms with Crippen molar-refractivity contribution in [1.29, 1.82) is 0 Å². The Bertz CT molecular complexity index is 268. The Kier molecular flexibility index (Phi) is 1.94. The van der Waals surface area contributed by atoms with Gasteiger partial charge in [-0.05, 0) is 5.16 Å². The van der Waals surface area contributed by atoms with Gasteiger partial charge in [-0.2, -0.15) is 0 Å². The summed E-state index contributed by atoms with van der Waals surface area (Å²) in [7, 11) is 0. The Balaban J connectivity index is 1.82. The molecule has 0 aliphatic carbocycles. The Morgan fingerprint density at radius 1 is 1.58 bits per heavy atom. The van der Waals surface area contributed by atoms with Gasteiger partial charge >= 0.3 is 0 Å². The Morgan fingerprint density at radius 2 is 2.58 bits per heavy atom. The van der Waals surface area contributed by atoms with Gasteiger partial charge in [0.1, 0.15) is 19.5 Å². The number of nitrogens with zero attached hydrogens (tertiary/aromatic N) is 2. The van der Waals surface area contributed by atoms with Gasteiger partial charge in [0, 0.05) is 12.5 Å². The summed E-state index contributed by atoms with van der Waals surface area (Å²) in [5.41, 5.74) is 0.901. The average molecular weight is 168 g/mol. The second kappa shape index (κ2) is 3.25. The molecule has 1 aromatic rings. The fourth-order valence-corrected chi connectivity index (χ4v) is 0.878. The molecule has 0 spiro atoms. The first-order chi connectivity index (χ1) is 5.95. The maximum atomic E-state index is 5.21. The van der Waals surface area contributed by atoms with Gasteiger partial charge in [0.05, 0.1) is 5.71 Å². The third-order valence-corrected chi connectivity index (χ3v) is 1.48. The van der Waals surface area contributed by atoms with Crippen LogP contribution >= 0.6 is 0 Å². The summed E-state index contributed by atoms with van der Waals surface area (Å²) in [5.74, 6) is 0.476. The van der Waals surface area contributed by atoms with Crippen LogP contribution in [0, 0.1) is 0 Å². The number of rotatable bonds is 3. The standard InChI is InChI=1S/C7H8N2O3/c1-3-11-8-6(1)5-10-7-2-4-12-9-7/h2,4H,1,3,5H2. The van der Waals surface area contributed by atoms with E-state index in [0.717, 1.165) is 12.1 Å². The van der Waals surface area contributed by atoms with Crippen LogP contribution in [0.15, 0.2) is 22.0 Å². The maximum Gasteiger partial charge on any atom is 0.254 e. The van der Waals surface area contributed by atoms with Crippen molar-refractivity contribution in [2.45, 2.75) is 6.42 Å². The lowest BCUT2D eigenvalue weighted by Gasteiger charge is -1.97. The topological polar surface area (TPSA) is 56.9 Å². The van der Waals surface area contributed by atoms with E-state index in [4.69, 9.17) is 9.57 Å². The summed E-state index contributed by atoms with van der Waals surface area (Å²) in [6.45, 7) is 1.07. The van der Waals surface area contributed by atoms with Gasteiger partial charge in [0.15, 0.2) is 0 Å². The minimum absolute atomic E-state index is 0.423. The predicted molar refractivity (Wildman–Crippen MR) is 40.0 cm³/mol. The molecule has 0 radical (unpaired) electrons. The zero-order valence-electron chi connectivity index (χ0n) is 6.40. The molecule has 0 N–H and O–H groups in total. The molecular weight excluding hydrogens is 160 g/mol. The molecule has 5 heteroatoms. The number of hydrogen-bond acceptors (Lipinski definition) is 5. The van der Waals surface area contributed by atoms with E-state index >= 15 is 0 Å². The van der Waals surface area contributed by atoms with Crippen LogP contribution in [0.3, 0.4) is 0 Å². The second-order valence-electron chi connectivity index (χ2n) is 2.37. The van der Waals surface area contributed by atoms with Crippen LogP contribution in [0.5, 0.6) is 5.88 Å². The number of aromatic nitrogens is 1. The molecular formula is C7H8N2O3. The molecule has 0 aromatic carbocycles. The van der Waals surface area contributed by atoms with Crippen LogP contribution in [-0.4, -0.2) is 24.1 Å². The monoisotopic (exact) mass is 168 g/mol. The molecule has 0 atom stereocenters. The molecule has 64 valence electrons. The summed E-state index contributed by atoms with van der Waals surface area (Å²) in [6.07, 6.45) is 2.29. The quantitative estimate of drug-likeness (QED) is 0.670.